The zero-order valence-corrected chi connectivity index (χ0v) is 19.6. The summed E-state index contributed by atoms with van der Waals surface area (Å²) in [5, 5.41) is 10.6. The van der Waals surface area contributed by atoms with Gasteiger partial charge in [-0.3, -0.25) is 19.6 Å². The van der Waals surface area contributed by atoms with E-state index in [4.69, 9.17) is 4.74 Å². The zero-order valence-electron chi connectivity index (χ0n) is 19.6. The minimum atomic E-state index is -0.388. The van der Waals surface area contributed by atoms with Crippen LogP contribution in [0.4, 0.5) is 10.2 Å². The van der Waals surface area contributed by atoms with Crippen molar-refractivity contribution in [3.63, 3.8) is 0 Å². The van der Waals surface area contributed by atoms with Crippen molar-refractivity contribution < 1.29 is 18.7 Å². The van der Waals surface area contributed by atoms with E-state index in [0.717, 1.165) is 10.9 Å². The Balaban J connectivity index is 1.12. The molecular weight excluding hydrogens is 463 g/mol. The molecule has 3 heterocycles. The Morgan fingerprint density at radius 1 is 1.00 bits per heavy atom. The van der Waals surface area contributed by atoms with Crippen LogP contribution in [0.15, 0.2) is 67.0 Å². The lowest BCUT2D eigenvalue weighted by Gasteiger charge is -2.37. The second kappa shape index (κ2) is 10.1. The maximum atomic E-state index is 13.0. The fraction of sp³-hybridized carbons (Fsp3) is 0.231. The lowest BCUT2D eigenvalue weighted by atomic mass is 10.1. The van der Waals surface area contributed by atoms with Crippen LogP contribution in [-0.4, -0.2) is 69.0 Å². The van der Waals surface area contributed by atoms with E-state index in [1.807, 2.05) is 28.9 Å². The molecule has 0 radical (unpaired) electrons. The Morgan fingerprint density at radius 3 is 2.47 bits per heavy atom. The van der Waals surface area contributed by atoms with Gasteiger partial charge in [0, 0.05) is 37.1 Å². The minimum Gasteiger partial charge on any atom is -0.456 e. The zero-order chi connectivity index (χ0) is 25.1. The quantitative estimate of drug-likeness (QED) is 0.429. The number of anilines is 1. The van der Waals surface area contributed by atoms with Gasteiger partial charge in [-0.1, -0.05) is 0 Å². The summed E-state index contributed by atoms with van der Waals surface area (Å²) >= 11 is 0. The second-order valence-corrected chi connectivity index (χ2v) is 8.60. The summed E-state index contributed by atoms with van der Waals surface area (Å²) in [4.78, 5) is 33.8. The van der Waals surface area contributed by atoms with E-state index in [0.29, 0.717) is 49.1 Å². The summed E-state index contributed by atoms with van der Waals surface area (Å²) in [5.74, 6) is 0.820. The van der Waals surface area contributed by atoms with Crippen LogP contribution in [0.1, 0.15) is 17.3 Å². The highest BCUT2D eigenvalue weighted by Gasteiger charge is 2.28. The molecule has 10 heteroatoms. The van der Waals surface area contributed by atoms with Crippen molar-refractivity contribution in [3.05, 3.63) is 78.4 Å². The Morgan fingerprint density at radius 2 is 1.75 bits per heavy atom. The van der Waals surface area contributed by atoms with Gasteiger partial charge in [0.15, 0.2) is 0 Å². The molecule has 2 aromatic carbocycles. The molecular formula is C26H25FN6O3. The predicted molar refractivity (Wildman–Crippen MR) is 132 cm³/mol. The van der Waals surface area contributed by atoms with Gasteiger partial charge in [0.05, 0.1) is 24.0 Å². The van der Waals surface area contributed by atoms with Crippen LogP contribution in [-0.2, 0) is 4.79 Å². The summed E-state index contributed by atoms with van der Waals surface area (Å²) in [5.41, 5.74) is 1.52. The number of rotatable bonds is 6. The number of amides is 2. The highest BCUT2D eigenvalue weighted by molar-refractivity contribution is 5.98. The van der Waals surface area contributed by atoms with E-state index in [-0.39, 0.29) is 23.7 Å². The molecule has 0 saturated carbocycles. The molecule has 1 aliphatic rings. The lowest BCUT2D eigenvalue weighted by molar-refractivity contribution is -0.121. The molecule has 2 aromatic heterocycles. The van der Waals surface area contributed by atoms with Crippen LogP contribution >= 0.6 is 0 Å². The molecule has 1 aliphatic heterocycles. The molecule has 0 aliphatic carbocycles. The maximum absolute atomic E-state index is 13.0. The van der Waals surface area contributed by atoms with Gasteiger partial charge in [0.1, 0.15) is 23.1 Å². The second-order valence-electron chi connectivity index (χ2n) is 8.60. The third-order valence-corrected chi connectivity index (χ3v) is 6.25. The van der Waals surface area contributed by atoms with Crippen LogP contribution in [0.25, 0.3) is 10.9 Å². The number of hydrogen-bond donors (Lipinski definition) is 2. The molecule has 2 amide bonds. The number of carbonyl (C=O) groups is 2. The first-order valence-corrected chi connectivity index (χ1v) is 11.6. The normalized spacial score (nSPS) is 15.0. The van der Waals surface area contributed by atoms with Crippen LogP contribution in [0, 0.1) is 5.82 Å². The van der Waals surface area contributed by atoms with Gasteiger partial charge in [0.2, 0.25) is 5.91 Å². The number of carbonyl (C=O) groups excluding carboxylic acids is 2. The minimum absolute atomic E-state index is 0.0259. The molecule has 4 aromatic rings. The molecule has 1 fully saturated rings. The molecule has 5 rings (SSSR count). The van der Waals surface area contributed by atoms with Gasteiger partial charge >= 0.3 is 0 Å². The Hall–Kier alpha value is -4.31. The van der Waals surface area contributed by atoms with Crippen molar-refractivity contribution in [2.24, 2.45) is 0 Å². The number of hydrogen-bond acceptors (Lipinski definition) is 6. The van der Waals surface area contributed by atoms with Crippen molar-refractivity contribution >= 4 is 28.5 Å². The van der Waals surface area contributed by atoms with Gasteiger partial charge in [-0.2, -0.15) is 5.10 Å². The number of aromatic nitrogens is 3. The number of ether oxygens (including phenoxy) is 1. The number of halogens is 1. The summed E-state index contributed by atoms with van der Waals surface area (Å²) < 4.78 is 18.7. The van der Waals surface area contributed by atoms with E-state index in [2.05, 4.69) is 20.5 Å². The largest absolute Gasteiger partial charge is 0.456 e. The molecule has 1 saturated heterocycles. The Kier molecular flexibility index (Phi) is 6.59. The molecule has 0 bridgehead atoms. The van der Waals surface area contributed by atoms with Gasteiger partial charge in [0.25, 0.3) is 5.91 Å². The molecule has 1 atom stereocenters. The molecule has 1 unspecified atom stereocenters. The molecule has 36 heavy (non-hydrogen) atoms. The first-order valence-electron chi connectivity index (χ1n) is 11.6. The van der Waals surface area contributed by atoms with Gasteiger partial charge in [-0.15, -0.1) is 0 Å². The molecule has 2 N–H and O–H groups in total. The standard InChI is InChI=1S/C26H25FN6O3/c1-17(25(34)30-24-9-7-22(16-28-24)36-21-5-3-20(27)4-6-21)32-10-12-33(13-11-32)26(35)18-2-8-23-19(14-18)15-29-31-23/h2-9,14-17H,10-13H2,1H3,(H,29,31)(H,28,30,34). The monoisotopic (exact) mass is 488 g/mol. The first kappa shape index (κ1) is 23.4. The molecule has 184 valence electrons. The fourth-order valence-electron chi connectivity index (χ4n) is 4.12. The smallest absolute Gasteiger partial charge is 0.253 e. The average Bonchev–Trinajstić information content (AvgIpc) is 3.38. The van der Waals surface area contributed by atoms with Crippen molar-refractivity contribution in [1.82, 2.24) is 25.0 Å². The number of H-pyrrole nitrogens is 1. The van der Waals surface area contributed by atoms with Crippen molar-refractivity contribution in [1.29, 1.82) is 0 Å². The summed E-state index contributed by atoms with van der Waals surface area (Å²) in [6.45, 7) is 4.09. The summed E-state index contributed by atoms with van der Waals surface area (Å²) in [6.07, 6.45) is 3.19. The number of aromatic amines is 1. The number of pyridine rings is 1. The van der Waals surface area contributed by atoms with Crippen molar-refractivity contribution in [3.8, 4) is 11.5 Å². The summed E-state index contributed by atoms with van der Waals surface area (Å²) in [6, 6.07) is 14.1. The predicted octanol–water partition coefficient (Wildman–Crippen LogP) is 3.67. The van der Waals surface area contributed by atoms with Crippen molar-refractivity contribution in [2.75, 3.05) is 31.5 Å². The van der Waals surface area contributed by atoms with Gasteiger partial charge in [-0.05, 0) is 61.5 Å². The van der Waals surface area contributed by atoms with E-state index in [1.165, 1.54) is 30.5 Å². The van der Waals surface area contributed by atoms with E-state index in [1.54, 1.807) is 24.4 Å². The highest BCUT2D eigenvalue weighted by atomic mass is 19.1. The SMILES string of the molecule is CC(C(=O)Nc1ccc(Oc2ccc(F)cc2)cn1)N1CCN(C(=O)c2ccc3[nH]ncc3c2)CC1. The number of fused-ring (bicyclic) bond motifs is 1. The van der Waals surface area contributed by atoms with E-state index < -0.39 is 0 Å². The van der Waals surface area contributed by atoms with Crippen LogP contribution in [0.2, 0.25) is 0 Å². The third-order valence-electron chi connectivity index (χ3n) is 6.25. The number of nitrogens with zero attached hydrogens (tertiary/aromatic N) is 4. The topological polar surface area (TPSA) is 103 Å². The van der Waals surface area contributed by atoms with Crippen LogP contribution in [0.5, 0.6) is 11.5 Å². The Labute approximate surface area is 206 Å². The van der Waals surface area contributed by atoms with E-state index in [9.17, 15) is 14.0 Å². The van der Waals surface area contributed by atoms with Gasteiger partial charge in [-0.25, -0.2) is 9.37 Å². The molecule has 0 spiro atoms. The summed E-state index contributed by atoms with van der Waals surface area (Å²) in [7, 11) is 0. The number of piperazine rings is 1. The van der Waals surface area contributed by atoms with Gasteiger partial charge < -0.3 is 15.0 Å². The maximum Gasteiger partial charge on any atom is 0.253 e. The van der Waals surface area contributed by atoms with Crippen LogP contribution in [0.3, 0.4) is 0 Å². The Bertz CT molecular complexity index is 1360. The third kappa shape index (κ3) is 5.18. The number of nitrogens with one attached hydrogen (secondary N) is 2. The first-order chi connectivity index (χ1) is 17.5. The fourth-order valence-corrected chi connectivity index (χ4v) is 4.12. The van der Waals surface area contributed by atoms with Crippen molar-refractivity contribution in [2.45, 2.75) is 13.0 Å². The van der Waals surface area contributed by atoms with Crippen LogP contribution < -0.4 is 10.1 Å². The lowest BCUT2D eigenvalue weighted by Crippen LogP contribution is -2.54. The van der Waals surface area contributed by atoms with E-state index >= 15 is 0 Å². The molecule has 9 nitrogen and oxygen atoms in total. The average molecular weight is 489 g/mol. The highest BCUT2D eigenvalue weighted by Crippen LogP contribution is 2.22. The number of benzene rings is 2.